The minimum absolute atomic E-state index is 0.0813. The zero-order valence-corrected chi connectivity index (χ0v) is 44.5. The van der Waals surface area contributed by atoms with Crippen LogP contribution in [0.25, 0.3) is 0 Å². The summed E-state index contributed by atoms with van der Waals surface area (Å²) in [6.45, 7) is 4.25. The number of carbonyl (C=O) groups is 1. The maximum Gasteiger partial charge on any atom is 0.472 e. The molecule has 13 heteroatoms. The maximum absolute atomic E-state index is 12.9. The summed E-state index contributed by atoms with van der Waals surface area (Å²) in [5.41, 5.74) is 0. The molecule has 0 aromatic heterocycles. The average molecular weight is 999 g/mol. The number of esters is 1. The molecule has 0 aliphatic heterocycles. The van der Waals surface area contributed by atoms with Crippen molar-refractivity contribution in [1.29, 1.82) is 0 Å². The average Bonchev–Trinajstić information content (AvgIpc) is 3.34. The van der Waals surface area contributed by atoms with Crippen molar-refractivity contribution in [2.45, 2.75) is 281 Å². The lowest BCUT2D eigenvalue weighted by Gasteiger charge is -2.41. The lowest BCUT2D eigenvalue weighted by molar-refractivity contribution is -0.220. The number of ether oxygens (including phenoxy) is 2. The molecule has 0 aromatic rings. The number of phosphoric acid groups is 1. The van der Waals surface area contributed by atoms with E-state index in [0.717, 1.165) is 64.2 Å². The van der Waals surface area contributed by atoms with E-state index in [9.17, 15) is 39.8 Å². The third kappa shape index (κ3) is 37.7. The number of unbranched alkanes of at least 4 members (excludes halogenated alkanes) is 28. The molecule has 1 aliphatic rings. The van der Waals surface area contributed by atoms with Crippen LogP contribution in [0.4, 0.5) is 0 Å². The van der Waals surface area contributed by atoms with Gasteiger partial charge in [0.1, 0.15) is 42.7 Å². The van der Waals surface area contributed by atoms with E-state index >= 15 is 0 Å². The Kier molecular flexibility index (Phi) is 43.6. The molecule has 6 unspecified atom stereocenters. The van der Waals surface area contributed by atoms with Gasteiger partial charge in [0, 0.05) is 13.0 Å². The second kappa shape index (κ2) is 46.1. The normalized spacial score (nSPS) is 21.3. The van der Waals surface area contributed by atoms with Gasteiger partial charge in [0.25, 0.3) is 0 Å². The number of carbonyl (C=O) groups excluding carboxylic acids is 1. The van der Waals surface area contributed by atoms with Gasteiger partial charge >= 0.3 is 13.8 Å². The number of hydrogen-bond donors (Lipinski definition) is 6. The molecule has 404 valence electrons. The summed E-state index contributed by atoms with van der Waals surface area (Å²) in [5, 5.41) is 50.4. The molecule has 0 radical (unpaired) electrons. The number of aliphatic hydroxyl groups is 5. The van der Waals surface area contributed by atoms with Crippen molar-refractivity contribution >= 4 is 13.8 Å². The van der Waals surface area contributed by atoms with E-state index in [4.69, 9.17) is 18.5 Å². The van der Waals surface area contributed by atoms with Gasteiger partial charge in [-0.05, 0) is 77.0 Å². The van der Waals surface area contributed by atoms with Crippen LogP contribution in [-0.4, -0.2) is 98.9 Å². The standard InChI is InChI=1S/C56H103O12P/c1-3-5-7-9-11-13-15-17-19-21-23-24-25-26-27-29-31-33-35-37-39-41-43-45-50(57)67-49(48-66-69(63,64)68-56-54(61)52(59)51(58)53(60)55(56)62)47-65-46-44-42-40-38-36-34-32-30-28-22-20-18-16-14-12-10-8-6-4-2/h14-17,20-23,49,51-56,58-62H,3-13,18-19,24-48H2,1-2H3,(H,63,64)/b16-14-,17-15-,22-20-,23-21-. The molecule has 6 N–H and O–H groups in total. The van der Waals surface area contributed by atoms with Gasteiger partial charge in [-0.3, -0.25) is 13.8 Å². The highest BCUT2D eigenvalue weighted by molar-refractivity contribution is 7.47. The Hall–Kier alpha value is -1.70. The first-order valence-electron chi connectivity index (χ1n) is 28.0. The predicted molar refractivity (Wildman–Crippen MR) is 281 cm³/mol. The van der Waals surface area contributed by atoms with Crippen LogP contribution in [0.3, 0.4) is 0 Å². The second-order valence-corrected chi connectivity index (χ2v) is 20.8. The quantitative estimate of drug-likeness (QED) is 0.0146. The Morgan fingerprint density at radius 2 is 0.812 bits per heavy atom. The smallest absolute Gasteiger partial charge is 0.457 e. The fourth-order valence-electron chi connectivity index (χ4n) is 8.48. The molecular weight excluding hydrogens is 896 g/mol. The molecule has 0 bridgehead atoms. The molecule has 0 aromatic carbocycles. The summed E-state index contributed by atoms with van der Waals surface area (Å²) < 4.78 is 34.4. The van der Waals surface area contributed by atoms with Crippen LogP contribution in [0.1, 0.15) is 239 Å². The Morgan fingerprint density at radius 3 is 1.23 bits per heavy atom. The number of hydrogen-bond acceptors (Lipinski definition) is 11. The Bertz CT molecular complexity index is 1320. The van der Waals surface area contributed by atoms with Crippen molar-refractivity contribution in [2.24, 2.45) is 0 Å². The number of phosphoric ester groups is 1. The van der Waals surface area contributed by atoms with Gasteiger partial charge in [-0.15, -0.1) is 0 Å². The van der Waals surface area contributed by atoms with E-state index < -0.39 is 63.1 Å². The van der Waals surface area contributed by atoms with Crippen molar-refractivity contribution in [3.8, 4) is 0 Å². The predicted octanol–water partition coefficient (Wildman–Crippen LogP) is 13.2. The number of rotatable bonds is 48. The zero-order chi connectivity index (χ0) is 50.5. The van der Waals surface area contributed by atoms with E-state index in [1.807, 2.05) is 0 Å². The lowest BCUT2D eigenvalue weighted by atomic mass is 9.85. The van der Waals surface area contributed by atoms with Crippen LogP contribution >= 0.6 is 7.82 Å². The third-order valence-corrected chi connectivity index (χ3v) is 13.9. The Balaban J connectivity index is 2.30. The van der Waals surface area contributed by atoms with E-state index in [1.165, 1.54) is 148 Å². The Labute approximate surface area is 420 Å². The molecule has 0 saturated heterocycles. The number of aliphatic hydroxyl groups excluding tert-OH is 5. The zero-order valence-electron chi connectivity index (χ0n) is 43.6. The topological polar surface area (TPSA) is 192 Å². The highest BCUT2D eigenvalue weighted by atomic mass is 31.2. The van der Waals surface area contributed by atoms with Gasteiger partial charge in [-0.1, -0.05) is 204 Å². The van der Waals surface area contributed by atoms with Crippen LogP contribution in [-0.2, 0) is 27.9 Å². The summed E-state index contributed by atoms with van der Waals surface area (Å²) in [6.07, 6.45) is 46.0. The fourth-order valence-corrected chi connectivity index (χ4v) is 9.45. The summed E-state index contributed by atoms with van der Waals surface area (Å²) in [4.78, 5) is 23.3. The summed E-state index contributed by atoms with van der Waals surface area (Å²) in [6, 6.07) is 0. The molecule has 0 amide bonds. The van der Waals surface area contributed by atoms with E-state index in [2.05, 4.69) is 62.5 Å². The van der Waals surface area contributed by atoms with Crippen molar-refractivity contribution in [1.82, 2.24) is 0 Å². The van der Waals surface area contributed by atoms with Gasteiger partial charge in [-0.25, -0.2) is 4.57 Å². The van der Waals surface area contributed by atoms with E-state index in [1.54, 1.807) is 0 Å². The summed E-state index contributed by atoms with van der Waals surface area (Å²) in [5.74, 6) is -0.480. The molecule has 0 spiro atoms. The molecule has 1 fully saturated rings. The minimum atomic E-state index is -5.03. The van der Waals surface area contributed by atoms with E-state index in [-0.39, 0.29) is 13.0 Å². The van der Waals surface area contributed by atoms with Crippen molar-refractivity contribution < 1.29 is 58.3 Å². The largest absolute Gasteiger partial charge is 0.472 e. The molecule has 1 rings (SSSR count). The van der Waals surface area contributed by atoms with Gasteiger partial charge in [0.05, 0.1) is 13.2 Å². The van der Waals surface area contributed by atoms with Crippen LogP contribution in [0.15, 0.2) is 48.6 Å². The summed E-state index contributed by atoms with van der Waals surface area (Å²) >= 11 is 0. The minimum Gasteiger partial charge on any atom is -0.457 e. The molecule has 0 heterocycles. The monoisotopic (exact) mass is 999 g/mol. The van der Waals surface area contributed by atoms with Gasteiger partial charge in [-0.2, -0.15) is 0 Å². The van der Waals surface area contributed by atoms with Crippen LogP contribution < -0.4 is 0 Å². The molecular formula is C56H103O12P. The Morgan fingerprint density at radius 1 is 0.464 bits per heavy atom. The van der Waals surface area contributed by atoms with Crippen LogP contribution in [0, 0.1) is 0 Å². The lowest BCUT2D eigenvalue weighted by Crippen LogP contribution is -2.64. The fraction of sp³-hybridized carbons (Fsp3) is 0.839. The molecule has 12 nitrogen and oxygen atoms in total. The molecule has 69 heavy (non-hydrogen) atoms. The highest BCUT2D eigenvalue weighted by Gasteiger charge is 2.51. The number of allylic oxidation sites excluding steroid dienone is 8. The van der Waals surface area contributed by atoms with Crippen molar-refractivity contribution in [2.75, 3.05) is 19.8 Å². The molecule has 1 saturated carbocycles. The first kappa shape index (κ1) is 65.3. The second-order valence-electron chi connectivity index (χ2n) is 19.4. The van der Waals surface area contributed by atoms with E-state index in [0.29, 0.717) is 13.0 Å². The first-order chi connectivity index (χ1) is 33.5. The van der Waals surface area contributed by atoms with Crippen LogP contribution in [0.2, 0.25) is 0 Å². The van der Waals surface area contributed by atoms with Gasteiger partial charge in [0.15, 0.2) is 0 Å². The SMILES string of the molecule is CCCCCC/C=C\C/C=C\CCCCCCCCCCOCC(COP(=O)(O)OC1C(O)C(O)C(O)C(O)C1O)OC(=O)CCCCCCCCCCCCC/C=C\C/C=C\CCCCCCC. The van der Waals surface area contributed by atoms with Gasteiger partial charge < -0.3 is 39.9 Å². The van der Waals surface area contributed by atoms with Crippen molar-refractivity contribution in [3.63, 3.8) is 0 Å². The van der Waals surface area contributed by atoms with Gasteiger partial charge in [0.2, 0.25) is 0 Å². The third-order valence-electron chi connectivity index (χ3n) is 12.9. The van der Waals surface area contributed by atoms with Crippen molar-refractivity contribution in [3.05, 3.63) is 48.6 Å². The molecule has 6 atom stereocenters. The molecule has 1 aliphatic carbocycles. The summed E-state index contributed by atoms with van der Waals surface area (Å²) in [7, 11) is -5.03. The van der Waals surface area contributed by atoms with Crippen LogP contribution in [0.5, 0.6) is 0 Å². The first-order valence-corrected chi connectivity index (χ1v) is 29.5. The highest BCUT2D eigenvalue weighted by Crippen LogP contribution is 2.47. The maximum atomic E-state index is 12.9.